The average Bonchev–Trinajstić information content (AvgIpc) is 3.14. The molecule has 4 aromatic rings. The third-order valence-corrected chi connectivity index (χ3v) is 5.56. The summed E-state index contributed by atoms with van der Waals surface area (Å²) in [5.41, 5.74) is 12.0. The van der Waals surface area contributed by atoms with Crippen LogP contribution in [-0.4, -0.2) is 0 Å². The molecule has 5 rings (SSSR count). The summed E-state index contributed by atoms with van der Waals surface area (Å²) in [6.45, 7) is 2.23. The fraction of sp³-hybridized carbons (Fsp3) is 0.0714. The van der Waals surface area contributed by atoms with Gasteiger partial charge in [0.2, 0.25) is 0 Å². The third kappa shape index (κ3) is 2.88. The van der Waals surface area contributed by atoms with Gasteiger partial charge in [0, 0.05) is 0 Å². The highest BCUT2D eigenvalue weighted by atomic mass is 14.2. The summed E-state index contributed by atoms with van der Waals surface area (Å²) < 4.78 is 0. The summed E-state index contributed by atoms with van der Waals surface area (Å²) in [6.07, 6.45) is 3.42. The van der Waals surface area contributed by atoms with Crippen molar-refractivity contribution in [2.75, 3.05) is 0 Å². The van der Waals surface area contributed by atoms with Gasteiger partial charge in [-0.3, -0.25) is 0 Å². The molecule has 0 atom stereocenters. The molecule has 0 heterocycles. The number of hydrogen-bond donors (Lipinski definition) is 0. The first-order chi connectivity index (χ1) is 13.8. The molecule has 0 heteroatoms. The van der Waals surface area contributed by atoms with Gasteiger partial charge in [0.15, 0.2) is 0 Å². The lowest BCUT2D eigenvalue weighted by atomic mass is 9.85. The van der Waals surface area contributed by atoms with Crippen molar-refractivity contribution >= 4 is 6.08 Å². The van der Waals surface area contributed by atoms with Crippen molar-refractivity contribution in [2.45, 2.75) is 13.3 Å². The Bertz CT molecular complexity index is 1170. The maximum Gasteiger partial charge on any atom is -0.00237 e. The van der Waals surface area contributed by atoms with Crippen LogP contribution in [0.4, 0.5) is 0 Å². The Balaban J connectivity index is 1.83. The van der Waals surface area contributed by atoms with Crippen molar-refractivity contribution in [3.05, 3.63) is 114 Å². The van der Waals surface area contributed by atoms with Crippen molar-refractivity contribution in [2.24, 2.45) is 0 Å². The Morgan fingerprint density at radius 3 is 1.79 bits per heavy atom. The van der Waals surface area contributed by atoms with Crippen LogP contribution in [0.2, 0.25) is 0 Å². The van der Waals surface area contributed by atoms with Crippen LogP contribution in [0.15, 0.2) is 103 Å². The van der Waals surface area contributed by atoms with Crippen LogP contribution in [0.5, 0.6) is 0 Å². The van der Waals surface area contributed by atoms with Gasteiger partial charge in [-0.05, 0) is 57.9 Å². The normalized spacial score (nSPS) is 12.5. The summed E-state index contributed by atoms with van der Waals surface area (Å²) in [4.78, 5) is 0. The first kappa shape index (κ1) is 16.8. The van der Waals surface area contributed by atoms with E-state index in [1.165, 1.54) is 50.1 Å². The van der Waals surface area contributed by atoms with Crippen LogP contribution < -0.4 is 0 Å². The molecule has 4 aromatic carbocycles. The minimum absolute atomic E-state index is 1.05. The van der Waals surface area contributed by atoms with Gasteiger partial charge in [-0.25, -0.2) is 0 Å². The van der Waals surface area contributed by atoms with Gasteiger partial charge in [0.25, 0.3) is 0 Å². The molecule has 0 bridgehead atoms. The number of hydrogen-bond acceptors (Lipinski definition) is 0. The fourth-order valence-corrected chi connectivity index (χ4v) is 4.30. The van der Waals surface area contributed by atoms with E-state index in [0.29, 0.717) is 0 Å². The Labute approximate surface area is 166 Å². The van der Waals surface area contributed by atoms with Gasteiger partial charge in [0.05, 0.1) is 0 Å². The second kappa shape index (κ2) is 6.98. The lowest BCUT2D eigenvalue weighted by molar-refractivity contribution is 1.20. The van der Waals surface area contributed by atoms with Gasteiger partial charge in [-0.1, -0.05) is 109 Å². The first-order valence-electron chi connectivity index (χ1n) is 9.84. The van der Waals surface area contributed by atoms with Crippen LogP contribution in [0.25, 0.3) is 39.5 Å². The summed E-state index contributed by atoms with van der Waals surface area (Å²) >= 11 is 0. The van der Waals surface area contributed by atoms with Gasteiger partial charge < -0.3 is 0 Å². The van der Waals surface area contributed by atoms with Crippen LogP contribution >= 0.6 is 0 Å². The third-order valence-electron chi connectivity index (χ3n) is 5.56. The first-order valence-corrected chi connectivity index (χ1v) is 9.84. The molecule has 0 fully saturated rings. The highest BCUT2D eigenvalue weighted by molar-refractivity contribution is 5.97. The number of allylic oxidation sites excluding steroid dienone is 1. The Morgan fingerprint density at radius 2 is 1.11 bits per heavy atom. The molecule has 1 aliphatic rings. The second-order valence-electron chi connectivity index (χ2n) is 7.51. The summed E-state index contributed by atoms with van der Waals surface area (Å²) in [7, 11) is 0. The monoisotopic (exact) mass is 358 g/mol. The van der Waals surface area contributed by atoms with E-state index in [4.69, 9.17) is 0 Å². The maximum atomic E-state index is 2.37. The van der Waals surface area contributed by atoms with Crippen molar-refractivity contribution in [1.82, 2.24) is 0 Å². The quantitative estimate of drug-likeness (QED) is 0.353. The van der Waals surface area contributed by atoms with Crippen LogP contribution in [0, 0.1) is 0 Å². The van der Waals surface area contributed by atoms with Crippen LogP contribution in [0.1, 0.15) is 18.1 Å². The van der Waals surface area contributed by atoms with E-state index in [-0.39, 0.29) is 0 Å². The zero-order valence-corrected chi connectivity index (χ0v) is 16.0. The molecule has 0 unspecified atom stereocenters. The van der Waals surface area contributed by atoms with E-state index in [0.717, 1.165) is 6.42 Å². The Kier molecular flexibility index (Phi) is 4.18. The molecular weight excluding hydrogens is 336 g/mol. The molecule has 0 saturated heterocycles. The molecule has 0 spiro atoms. The predicted octanol–water partition coefficient (Wildman–Crippen LogP) is 7.65. The summed E-state index contributed by atoms with van der Waals surface area (Å²) in [5, 5.41) is 0. The van der Waals surface area contributed by atoms with Crippen molar-refractivity contribution < 1.29 is 0 Å². The van der Waals surface area contributed by atoms with Gasteiger partial charge in [-0.2, -0.15) is 0 Å². The lowest BCUT2D eigenvalue weighted by Gasteiger charge is -2.18. The van der Waals surface area contributed by atoms with Crippen molar-refractivity contribution in [1.29, 1.82) is 0 Å². The maximum absolute atomic E-state index is 2.37. The molecule has 134 valence electrons. The fourth-order valence-electron chi connectivity index (χ4n) is 4.30. The molecule has 0 aliphatic heterocycles. The predicted molar refractivity (Wildman–Crippen MR) is 120 cm³/mol. The summed E-state index contributed by atoms with van der Waals surface area (Å²) in [6, 6.07) is 34.9. The molecule has 0 nitrogen and oxygen atoms in total. The SMILES string of the molecule is CC1=Cc2c(ccc(-c3ccccc3)c2-c2ccccc2-c2ccccc2)C1. The van der Waals surface area contributed by atoms with Crippen molar-refractivity contribution in [3.8, 4) is 33.4 Å². The molecule has 0 radical (unpaired) electrons. The number of rotatable bonds is 3. The van der Waals surface area contributed by atoms with E-state index in [9.17, 15) is 0 Å². The average molecular weight is 358 g/mol. The number of fused-ring (bicyclic) bond motifs is 1. The Morgan fingerprint density at radius 1 is 0.536 bits per heavy atom. The van der Waals surface area contributed by atoms with Gasteiger partial charge >= 0.3 is 0 Å². The Hall–Kier alpha value is -3.38. The van der Waals surface area contributed by atoms with E-state index in [1.54, 1.807) is 0 Å². The van der Waals surface area contributed by atoms with E-state index in [1.807, 2.05) is 0 Å². The zero-order chi connectivity index (χ0) is 18.9. The largest absolute Gasteiger partial charge is 0.0683 e. The summed E-state index contributed by atoms with van der Waals surface area (Å²) in [5.74, 6) is 0. The van der Waals surface area contributed by atoms with E-state index < -0.39 is 0 Å². The lowest BCUT2D eigenvalue weighted by Crippen LogP contribution is -1.94. The van der Waals surface area contributed by atoms with Crippen LogP contribution in [0.3, 0.4) is 0 Å². The second-order valence-corrected chi connectivity index (χ2v) is 7.51. The standard InChI is InChI=1S/C28H22/c1-20-18-23-16-17-25(22-12-6-3-7-13-22)28(27(23)19-20)26-15-9-8-14-24(26)21-10-4-2-5-11-21/h2-17,19H,18H2,1H3. The molecule has 28 heavy (non-hydrogen) atoms. The van der Waals surface area contributed by atoms with Gasteiger partial charge in [0.1, 0.15) is 0 Å². The minimum Gasteiger partial charge on any atom is -0.0683 e. The molecule has 0 aromatic heterocycles. The highest BCUT2D eigenvalue weighted by Crippen LogP contribution is 2.44. The minimum atomic E-state index is 1.05. The molecule has 0 amide bonds. The molecular formula is C28H22. The number of benzene rings is 4. The van der Waals surface area contributed by atoms with Crippen LogP contribution in [-0.2, 0) is 6.42 Å². The molecule has 0 N–H and O–H groups in total. The topological polar surface area (TPSA) is 0 Å². The van der Waals surface area contributed by atoms with E-state index >= 15 is 0 Å². The molecule has 1 aliphatic carbocycles. The smallest absolute Gasteiger partial charge is 0.00237 e. The zero-order valence-electron chi connectivity index (χ0n) is 16.0. The highest BCUT2D eigenvalue weighted by Gasteiger charge is 2.21. The van der Waals surface area contributed by atoms with E-state index in [2.05, 4.69) is 110 Å². The molecule has 0 saturated carbocycles. The van der Waals surface area contributed by atoms with Gasteiger partial charge in [-0.15, -0.1) is 0 Å². The van der Waals surface area contributed by atoms with Crippen molar-refractivity contribution in [3.63, 3.8) is 0 Å².